The summed E-state index contributed by atoms with van der Waals surface area (Å²) in [7, 11) is 0. The van der Waals surface area contributed by atoms with Crippen molar-refractivity contribution in [3.63, 3.8) is 0 Å². The predicted octanol–water partition coefficient (Wildman–Crippen LogP) is -5.69. The average Bonchev–Trinajstić information content (AvgIpc) is 0.696. The van der Waals surface area contributed by atoms with Gasteiger partial charge in [-0.1, -0.05) is 93.7 Å². The summed E-state index contributed by atoms with van der Waals surface area (Å²) in [6, 6.07) is 0. The van der Waals surface area contributed by atoms with Crippen LogP contribution in [0.3, 0.4) is 0 Å². The summed E-state index contributed by atoms with van der Waals surface area (Å²) in [6.07, 6.45) is -67.2. The Morgan fingerprint density at radius 1 is 0.507 bits per heavy atom. The summed E-state index contributed by atoms with van der Waals surface area (Å²) in [5.74, 6) is -7.44. The van der Waals surface area contributed by atoms with E-state index in [1.54, 1.807) is 27.7 Å². The summed E-state index contributed by atoms with van der Waals surface area (Å²) in [4.78, 5) is 72.7. The number of fused-ring (bicyclic) bond motifs is 7. The molecule has 46 heteroatoms. The molecule has 8 saturated heterocycles. The first kappa shape index (κ1) is 111. The maximum absolute atomic E-state index is 16.5. The fourth-order valence-electron chi connectivity index (χ4n) is 24.1. The summed E-state index contributed by atoms with van der Waals surface area (Å²) < 4.78 is 109. The van der Waals surface area contributed by atoms with E-state index in [-0.39, 0.29) is 43.9 Å². The molecule has 0 bridgehead atoms. The molecule has 0 spiro atoms. The van der Waals surface area contributed by atoms with Gasteiger partial charge in [0.05, 0.1) is 101 Å². The molecular weight excluding hydrogens is 1840 g/mol. The average molecular weight is 1990 g/mol. The third-order valence-electron chi connectivity index (χ3n) is 33.3. The van der Waals surface area contributed by atoms with E-state index in [0.29, 0.717) is 44.9 Å². The number of esters is 3. The zero-order valence-corrected chi connectivity index (χ0v) is 79.7. The molecule has 23 N–H and O–H groups in total. The van der Waals surface area contributed by atoms with Crippen LogP contribution in [-0.4, -0.2) is 439 Å². The van der Waals surface area contributed by atoms with Crippen molar-refractivity contribution in [1.82, 2.24) is 0 Å². The minimum absolute atomic E-state index is 0.00157. The summed E-state index contributed by atoms with van der Waals surface area (Å²) >= 11 is 0. The van der Waals surface area contributed by atoms with Gasteiger partial charge in [-0.05, 0) is 123 Å². The standard InChI is InChI=1S/C92H148O46/c1-13-36(3)46(126-54(102)25-41(98)24-47(37(4)14-2)127-80-63(111)59(107)49(30-94)128-80)23-40(97)26-55(103)131-70-56(104)38(5)124-82(73(70)136-79-65(113)61(109)68(39(6)125-79)132-78-67(115)69(45(100)32-122-78)133-84-75(116)91(120,34-96)35-123-84)138-85(119)92-22-21-86(7,8)27-43(92)42-15-16-51-87(9)19-18-53(88(10,33-95)50(87)17-20-89(51,11)90(42,12)28-52(92)101)130-83-74(137-81-64(112)60(108)58(106)48(29-93)129-81)71(66(114)72(135-83)76(117)118)134-77-62(110)57(105)44(99)31-121-77/h15,33,36-41,43-53,56-75,77-84,93-94,96-101,104-116,120H,13-14,16-32,34-35H2,1-12H3,(H,117,118). The van der Waals surface area contributed by atoms with Gasteiger partial charge in [-0.2, -0.15) is 0 Å². The highest BCUT2D eigenvalue weighted by atomic mass is 16.8. The van der Waals surface area contributed by atoms with Crippen molar-refractivity contribution in [2.75, 3.05) is 39.6 Å². The third kappa shape index (κ3) is 21.4. The Morgan fingerprint density at radius 2 is 1.06 bits per heavy atom. The van der Waals surface area contributed by atoms with Crippen LogP contribution in [0, 0.1) is 62.1 Å². The van der Waals surface area contributed by atoms with Gasteiger partial charge in [0.25, 0.3) is 0 Å². The highest BCUT2D eigenvalue weighted by Gasteiger charge is 2.74. The number of allylic oxidation sites excluding steroid dienone is 2. The molecular formula is C92H148O46. The van der Waals surface area contributed by atoms with Crippen molar-refractivity contribution in [2.45, 2.75) is 431 Å². The van der Waals surface area contributed by atoms with Crippen molar-refractivity contribution < 1.29 is 227 Å². The molecule has 4 saturated carbocycles. The number of carboxylic acid groups (broad SMARTS) is 1. The zero-order valence-electron chi connectivity index (χ0n) is 79.7. The first-order valence-electron chi connectivity index (χ1n) is 48.3. The van der Waals surface area contributed by atoms with Gasteiger partial charge in [0.15, 0.2) is 62.3 Å². The van der Waals surface area contributed by atoms with Crippen molar-refractivity contribution in [1.29, 1.82) is 0 Å². The lowest BCUT2D eigenvalue weighted by atomic mass is 9.33. The van der Waals surface area contributed by atoms with E-state index in [1.165, 1.54) is 13.8 Å². The first-order chi connectivity index (χ1) is 64.8. The van der Waals surface area contributed by atoms with Crippen LogP contribution in [0.4, 0.5) is 0 Å². The maximum atomic E-state index is 16.5. The maximum Gasteiger partial charge on any atom is 0.335 e. The highest BCUT2D eigenvalue weighted by Crippen LogP contribution is 2.76. The van der Waals surface area contributed by atoms with Crippen LogP contribution in [0.15, 0.2) is 11.6 Å². The van der Waals surface area contributed by atoms with Crippen LogP contribution in [0.5, 0.6) is 0 Å². The van der Waals surface area contributed by atoms with E-state index < -0.39 is 384 Å². The fraction of sp³-hybridized carbons (Fsp3) is 0.924. The Hall–Kier alpha value is -4.19. The monoisotopic (exact) mass is 1990 g/mol. The Kier molecular flexibility index (Phi) is 35.5. The van der Waals surface area contributed by atoms with E-state index in [1.807, 2.05) is 27.7 Å². The number of aldehydes is 1. The minimum Gasteiger partial charge on any atom is -0.479 e. The molecule has 46 nitrogen and oxygen atoms in total. The summed E-state index contributed by atoms with van der Waals surface area (Å²) in [5, 5.41) is 256. The molecule has 0 aromatic heterocycles. The number of ether oxygens (including phenoxy) is 18. The molecule has 138 heavy (non-hydrogen) atoms. The summed E-state index contributed by atoms with van der Waals surface area (Å²) in [6.45, 7) is 17.5. The molecule has 0 aromatic rings. The molecule has 51 atom stereocenters. The van der Waals surface area contributed by atoms with Crippen molar-refractivity contribution in [3.8, 4) is 0 Å². The smallest absolute Gasteiger partial charge is 0.335 e. The van der Waals surface area contributed by atoms with Crippen LogP contribution in [0.1, 0.15) is 179 Å². The van der Waals surface area contributed by atoms with E-state index in [4.69, 9.17) is 85.3 Å². The number of aliphatic carboxylic acids is 1. The molecule has 0 radical (unpaired) electrons. The van der Waals surface area contributed by atoms with Crippen molar-refractivity contribution >= 4 is 30.2 Å². The quantitative estimate of drug-likeness (QED) is 0.00924. The second-order valence-corrected chi connectivity index (χ2v) is 42.6. The fourth-order valence-corrected chi connectivity index (χ4v) is 24.1. The van der Waals surface area contributed by atoms with Gasteiger partial charge in [0, 0.05) is 12.8 Å². The molecule has 51 unspecified atom stereocenters. The molecule has 12 fully saturated rings. The number of aliphatic hydroxyl groups excluding tert-OH is 21. The number of carbonyl (C=O) groups is 5. The molecule has 8 heterocycles. The van der Waals surface area contributed by atoms with Gasteiger partial charge < -0.3 is 208 Å². The van der Waals surface area contributed by atoms with Crippen molar-refractivity contribution in [2.24, 2.45) is 62.1 Å². The second-order valence-electron chi connectivity index (χ2n) is 42.6. The predicted molar refractivity (Wildman–Crippen MR) is 458 cm³/mol. The first-order valence-corrected chi connectivity index (χ1v) is 48.3. The van der Waals surface area contributed by atoms with Gasteiger partial charge in [-0.25, -0.2) is 4.79 Å². The van der Waals surface area contributed by atoms with E-state index in [9.17, 15) is 137 Å². The zero-order chi connectivity index (χ0) is 101. The third-order valence-corrected chi connectivity index (χ3v) is 33.3. The van der Waals surface area contributed by atoms with Crippen molar-refractivity contribution in [3.05, 3.63) is 11.6 Å². The number of carbonyl (C=O) groups excluding carboxylic acids is 4. The van der Waals surface area contributed by atoms with Crippen LogP contribution in [0.25, 0.3) is 0 Å². The number of carboxylic acids is 1. The van der Waals surface area contributed by atoms with Gasteiger partial charge in [-0.3, -0.25) is 14.4 Å². The van der Waals surface area contributed by atoms with Crippen LogP contribution in [-0.2, 0) is 109 Å². The number of rotatable bonds is 35. The topological polar surface area (TPSA) is 717 Å². The van der Waals surface area contributed by atoms with Gasteiger partial charge in [0.1, 0.15) is 152 Å². The van der Waals surface area contributed by atoms with Crippen LogP contribution >= 0.6 is 0 Å². The molecule has 0 amide bonds. The molecule has 13 aliphatic rings. The lowest BCUT2D eigenvalue weighted by molar-refractivity contribution is -0.391. The number of aliphatic hydroxyl groups is 22. The molecule has 0 aromatic carbocycles. The summed E-state index contributed by atoms with van der Waals surface area (Å²) in [5.41, 5.74) is -7.79. The molecule has 13 rings (SSSR count). The second kappa shape index (κ2) is 44.1. The van der Waals surface area contributed by atoms with E-state index in [0.717, 1.165) is 11.9 Å². The van der Waals surface area contributed by atoms with E-state index >= 15 is 4.79 Å². The van der Waals surface area contributed by atoms with Crippen LogP contribution in [0.2, 0.25) is 0 Å². The number of hydrogen-bond donors (Lipinski definition) is 23. The largest absolute Gasteiger partial charge is 0.479 e. The molecule has 5 aliphatic carbocycles. The minimum atomic E-state index is -2.27. The lowest BCUT2D eigenvalue weighted by Crippen LogP contribution is -2.69. The lowest BCUT2D eigenvalue weighted by Gasteiger charge is -2.71. The Balaban J connectivity index is 0.763. The number of hydrogen-bond acceptors (Lipinski definition) is 45. The van der Waals surface area contributed by atoms with Crippen LogP contribution < -0.4 is 0 Å². The highest BCUT2D eigenvalue weighted by molar-refractivity contribution is 5.80. The van der Waals surface area contributed by atoms with Gasteiger partial charge in [-0.15, -0.1) is 0 Å². The Morgan fingerprint density at radius 3 is 1.68 bits per heavy atom. The SMILES string of the molecule is CCC(C)C(CC(O)CC(=O)OC1C(O)C(C)OC(OC(=O)C23CCC(C)(C)CC2C2=CCC4C5(C)CCC(OC6OC(C(=O)O)C(O)C(OC7OCC(O)C(O)C7O)C6OC6OC(CO)C(O)C(O)C6O)C(C)(C=O)C5CCC4(C)C2(C)CC3O)C1OC1OC(C)C(OC2OCC(O)C(OC3OCC(O)(CO)C3O)C2O)C(O)C1O)OC(=O)CC(O)CC(OC1OC(CO)C(O)C1O)C(C)CC. The Labute approximate surface area is 797 Å². The normalized spacial score (nSPS) is 48.7. The molecule has 8 aliphatic heterocycles. The van der Waals surface area contributed by atoms with E-state index in [2.05, 4.69) is 19.9 Å². The van der Waals surface area contributed by atoms with Gasteiger partial charge >= 0.3 is 23.9 Å². The molecule has 792 valence electrons. The van der Waals surface area contributed by atoms with Gasteiger partial charge in [0.2, 0.25) is 6.29 Å². The Bertz CT molecular complexity index is 4100.